The Balaban J connectivity index is 1.41. The first kappa shape index (κ1) is 23.4. The fourth-order valence-electron chi connectivity index (χ4n) is 4.58. The van der Waals surface area contributed by atoms with E-state index in [-0.39, 0.29) is 29.2 Å². The van der Waals surface area contributed by atoms with Crippen molar-refractivity contribution in [3.05, 3.63) is 65.2 Å². The van der Waals surface area contributed by atoms with E-state index in [1.807, 2.05) is 35.2 Å². The fourth-order valence-corrected chi connectivity index (χ4v) is 5.87. The molecule has 0 aliphatic carbocycles. The summed E-state index contributed by atoms with van der Waals surface area (Å²) in [6.45, 7) is 4.60. The summed E-state index contributed by atoms with van der Waals surface area (Å²) in [5, 5.41) is 0. The smallest absolute Gasteiger partial charge is 0.253 e. The van der Waals surface area contributed by atoms with Gasteiger partial charge in [0.1, 0.15) is 0 Å². The number of hydrogen-bond acceptors (Lipinski definition) is 4. The number of hydrogen-bond donors (Lipinski definition) is 1. The summed E-state index contributed by atoms with van der Waals surface area (Å²) in [4.78, 5) is 29.6. The number of piperidine rings is 1. The first-order valence-corrected chi connectivity index (χ1v) is 13.1. The molecule has 0 saturated carbocycles. The molecule has 2 aromatic carbocycles. The van der Waals surface area contributed by atoms with Crippen molar-refractivity contribution in [1.82, 2.24) is 14.5 Å². The van der Waals surface area contributed by atoms with Gasteiger partial charge in [-0.1, -0.05) is 36.4 Å². The number of carbonyl (C=O) groups excluding carboxylic acids is 2. The predicted molar refractivity (Wildman–Crippen MR) is 126 cm³/mol. The minimum Gasteiger partial charge on any atom is -0.342 e. The molecule has 2 aromatic rings. The van der Waals surface area contributed by atoms with E-state index in [9.17, 15) is 18.0 Å². The van der Waals surface area contributed by atoms with Crippen LogP contribution in [0.15, 0.2) is 53.4 Å². The first-order valence-electron chi connectivity index (χ1n) is 11.6. The molecule has 8 heteroatoms. The molecule has 176 valence electrons. The van der Waals surface area contributed by atoms with Gasteiger partial charge in [0.05, 0.1) is 4.90 Å². The summed E-state index contributed by atoms with van der Waals surface area (Å²) in [5.74, 6) is -0.00215. The number of nitrogens with one attached hydrogen (secondary N) is 1. The maximum Gasteiger partial charge on any atom is 0.253 e. The SMILES string of the molecule is Cc1ccc(C(=O)N2CCC(C(=O)N3CCCC3)CC2)cc1S(=O)(=O)NCc1ccccc1. The van der Waals surface area contributed by atoms with Crippen LogP contribution in [-0.2, 0) is 21.4 Å². The zero-order valence-corrected chi connectivity index (χ0v) is 19.8. The summed E-state index contributed by atoms with van der Waals surface area (Å²) < 4.78 is 28.5. The van der Waals surface area contributed by atoms with Crippen molar-refractivity contribution in [1.29, 1.82) is 0 Å². The quantitative estimate of drug-likeness (QED) is 0.705. The van der Waals surface area contributed by atoms with Crippen molar-refractivity contribution in [2.24, 2.45) is 5.92 Å². The predicted octanol–water partition coefficient (Wildman–Crippen LogP) is 2.95. The Morgan fingerprint density at radius 2 is 1.61 bits per heavy atom. The molecule has 2 aliphatic rings. The van der Waals surface area contributed by atoms with Crippen LogP contribution in [0.1, 0.15) is 47.2 Å². The number of sulfonamides is 1. The number of amides is 2. The normalized spacial score (nSPS) is 17.4. The largest absolute Gasteiger partial charge is 0.342 e. The second-order valence-electron chi connectivity index (χ2n) is 8.89. The van der Waals surface area contributed by atoms with Gasteiger partial charge in [0, 0.05) is 44.2 Å². The standard InChI is InChI=1S/C25H31N3O4S/c1-19-9-10-22(17-23(19)33(31,32)26-18-20-7-3-2-4-8-20)25(30)28-15-11-21(12-16-28)24(29)27-13-5-6-14-27/h2-4,7-10,17,21,26H,5-6,11-16,18H2,1H3. The van der Waals surface area contributed by atoms with Gasteiger partial charge in [-0.25, -0.2) is 13.1 Å². The Labute approximate surface area is 195 Å². The molecule has 0 radical (unpaired) electrons. The Morgan fingerprint density at radius 3 is 2.27 bits per heavy atom. The molecule has 0 aromatic heterocycles. The lowest BCUT2D eigenvalue weighted by Gasteiger charge is -2.33. The molecule has 4 rings (SSSR count). The van der Waals surface area contributed by atoms with Crippen LogP contribution in [0.3, 0.4) is 0 Å². The first-order chi connectivity index (χ1) is 15.8. The summed E-state index contributed by atoms with van der Waals surface area (Å²) in [6, 6.07) is 14.1. The van der Waals surface area contributed by atoms with E-state index in [4.69, 9.17) is 0 Å². The van der Waals surface area contributed by atoms with Crippen molar-refractivity contribution >= 4 is 21.8 Å². The maximum atomic E-state index is 13.1. The number of nitrogens with zero attached hydrogens (tertiary/aromatic N) is 2. The number of carbonyl (C=O) groups is 2. The number of likely N-dealkylation sites (tertiary alicyclic amines) is 2. The van der Waals surface area contributed by atoms with Crippen molar-refractivity contribution < 1.29 is 18.0 Å². The molecular formula is C25H31N3O4S. The lowest BCUT2D eigenvalue weighted by Crippen LogP contribution is -2.43. The molecule has 7 nitrogen and oxygen atoms in total. The summed E-state index contributed by atoms with van der Waals surface area (Å²) >= 11 is 0. The average molecular weight is 470 g/mol. The Bertz CT molecular complexity index is 1100. The van der Waals surface area contributed by atoms with Gasteiger partial charge in [-0.3, -0.25) is 9.59 Å². The van der Waals surface area contributed by atoms with Gasteiger partial charge in [-0.2, -0.15) is 0 Å². The Morgan fingerprint density at radius 1 is 0.939 bits per heavy atom. The van der Waals surface area contributed by atoms with Crippen molar-refractivity contribution in [3.63, 3.8) is 0 Å². The maximum absolute atomic E-state index is 13.1. The van der Waals surface area contributed by atoms with E-state index < -0.39 is 10.0 Å². The molecule has 0 unspecified atom stereocenters. The highest BCUT2D eigenvalue weighted by Crippen LogP contribution is 2.24. The number of rotatable bonds is 6. The zero-order chi connectivity index (χ0) is 23.4. The topological polar surface area (TPSA) is 86.8 Å². The lowest BCUT2D eigenvalue weighted by molar-refractivity contribution is -0.135. The Kier molecular flexibility index (Phi) is 7.14. The van der Waals surface area contributed by atoms with Crippen LogP contribution in [0.25, 0.3) is 0 Å². The van der Waals surface area contributed by atoms with Crippen LogP contribution in [0.4, 0.5) is 0 Å². The summed E-state index contributed by atoms with van der Waals surface area (Å²) in [7, 11) is -3.78. The molecule has 2 heterocycles. The van der Waals surface area contributed by atoms with E-state index in [2.05, 4.69) is 4.72 Å². The van der Waals surface area contributed by atoms with Crippen LogP contribution < -0.4 is 4.72 Å². The van der Waals surface area contributed by atoms with Gasteiger partial charge in [-0.05, 0) is 55.9 Å². The van der Waals surface area contributed by atoms with Crippen molar-refractivity contribution in [2.75, 3.05) is 26.2 Å². The molecule has 0 atom stereocenters. The van der Waals surface area contributed by atoms with Crippen molar-refractivity contribution in [2.45, 2.75) is 44.0 Å². The molecule has 33 heavy (non-hydrogen) atoms. The minimum absolute atomic E-state index is 0.0247. The van der Waals surface area contributed by atoms with Crippen LogP contribution in [0.2, 0.25) is 0 Å². The third kappa shape index (κ3) is 5.45. The lowest BCUT2D eigenvalue weighted by atomic mass is 9.95. The van der Waals surface area contributed by atoms with Gasteiger partial charge in [0.2, 0.25) is 15.9 Å². The van der Waals surface area contributed by atoms with Crippen LogP contribution in [0, 0.1) is 12.8 Å². The molecular weight excluding hydrogens is 438 g/mol. The highest BCUT2D eigenvalue weighted by molar-refractivity contribution is 7.89. The molecule has 2 saturated heterocycles. The van der Waals surface area contributed by atoms with E-state index in [0.29, 0.717) is 37.1 Å². The third-order valence-electron chi connectivity index (χ3n) is 6.58. The van der Waals surface area contributed by atoms with E-state index >= 15 is 0 Å². The van der Waals surface area contributed by atoms with Gasteiger partial charge in [0.15, 0.2) is 0 Å². The van der Waals surface area contributed by atoms with E-state index in [1.54, 1.807) is 24.0 Å². The molecule has 0 bridgehead atoms. The van der Waals surface area contributed by atoms with Gasteiger partial charge in [0.25, 0.3) is 5.91 Å². The molecule has 1 N–H and O–H groups in total. The summed E-state index contributed by atoms with van der Waals surface area (Å²) in [5.41, 5.74) is 1.80. The van der Waals surface area contributed by atoms with Crippen molar-refractivity contribution in [3.8, 4) is 0 Å². The number of benzene rings is 2. The highest BCUT2D eigenvalue weighted by atomic mass is 32.2. The third-order valence-corrected chi connectivity index (χ3v) is 8.13. The highest BCUT2D eigenvalue weighted by Gasteiger charge is 2.32. The molecule has 2 amide bonds. The van der Waals surface area contributed by atoms with Gasteiger partial charge in [-0.15, -0.1) is 0 Å². The van der Waals surface area contributed by atoms with Crippen LogP contribution in [-0.4, -0.2) is 56.2 Å². The molecule has 2 aliphatic heterocycles. The van der Waals surface area contributed by atoms with Gasteiger partial charge < -0.3 is 9.80 Å². The monoisotopic (exact) mass is 469 g/mol. The zero-order valence-electron chi connectivity index (χ0n) is 19.0. The van der Waals surface area contributed by atoms with Gasteiger partial charge >= 0.3 is 0 Å². The van der Waals surface area contributed by atoms with E-state index in [1.165, 1.54) is 6.07 Å². The molecule has 2 fully saturated rings. The second-order valence-corrected chi connectivity index (χ2v) is 10.6. The van der Waals surface area contributed by atoms with E-state index in [0.717, 1.165) is 31.5 Å². The summed E-state index contributed by atoms with van der Waals surface area (Å²) in [6.07, 6.45) is 3.44. The average Bonchev–Trinajstić information content (AvgIpc) is 3.38. The number of aryl methyl sites for hydroxylation is 1. The fraction of sp³-hybridized carbons (Fsp3) is 0.440. The van der Waals surface area contributed by atoms with Crippen LogP contribution >= 0.6 is 0 Å². The Hall–Kier alpha value is -2.71. The molecule has 0 spiro atoms. The minimum atomic E-state index is -3.78. The van der Waals surface area contributed by atoms with Crippen LogP contribution in [0.5, 0.6) is 0 Å². The second kappa shape index (κ2) is 10.1.